The van der Waals surface area contributed by atoms with Crippen LogP contribution in [0, 0.1) is 23.2 Å². The van der Waals surface area contributed by atoms with Crippen LogP contribution in [-0.4, -0.2) is 25.7 Å². The van der Waals surface area contributed by atoms with Crippen LogP contribution in [0.5, 0.6) is 0 Å². The van der Waals surface area contributed by atoms with Gasteiger partial charge in [0.15, 0.2) is 0 Å². The van der Waals surface area contributed by atoms with Gasteiger partial charge in [-0.05, 0) is 13.3 Å². The number of nitrogens with one attached hydrogen (secondary N) is 1. The Morgan fingerprint density at radius 3 is 2.64 bits per heavy atom. The molecule has 1 aromatic rings. The summed E-state index contributed by atoms with van der Waals surface area (Å²) in [6, 6.07) is 2.16. The summed E-state index contributed by atoms with van der Waals surface area (Å²) in [6.45, 7) is 9.41. The summed E-state index contributed by atoms with van der Waals surface area (Å²) in [5.41, 5.74) is 7.14. The van der Waals surface area contributed by atoms with Crippen molar-refractivity contribution < 1.29 is 14.4 Å². The van der Waals surface area contributed by atoms with Gasteiger partial charge in [-0.25, -0.2) is 4.79 Å². The number of quaternary nitrogens is 1. The summed E-state index contributed by atoms with van der Waals surface area (Å²) < 4.78 is 5.11. The largest absolute Gasteiger partial charge is 0.462 e. The zero-order valence-corrected chi connectivity index (χ0v) is 14.3. The number of nitrogens with two attached hydrogens (primary N) is 1. The molecule has 1 saturated heterocycles. The van der Waals surface area contributed by atoms with E-state index in [0.29, 0.717) is 40.4 Å². The summed E-state index contributed by atoms with van der Waals surface area (Å²) in [4.78, 5) is 14.0. The van der Waals surface area contributed by atoms with Crippen LogP contribution in [0.1, 0.15) is 48.0 Å². The van der Waals surface area contributed by atoms with E-state index in [1.165, 1.54) is 22.7 Å². The molecule has 0 spiro atoms. The molecule has 0 aromatic carbocycles. The van der Waals surface area contributed by atoms with Gasteiger partial charge in [-0.2, -0.15) is 5.26 Å². The molecule has 0 bridgehead atoms. The van der Waals surface area contributed by atoms with E-state index in [1.807, 2.05) is 0 Å². The molecule has 2 heterocycles. The Bertz CT molecular complexity index is 581. The standard InChI is InChI=1S/C16H23N3O2S/c1-4-21-16(20)14-13(12(6-17)15(18)22-14)9-19-7-10(2)5-11(3)8-19/h10-11H,4-5,7-9,18H2,1-3H3/p+1/t10-,11-/m0/s1. The average molecular weight is 322 g/mol. The van der Waals surface area contributed by atoms with Gasteiger partial charge in [0.1, 0.15) is 22.5 Å². The maximum Gasteiger partial charge on any atom is 0.348 e. The molecule has 6 heteroatoms. The number of nitrogens with zero attached hydrogens (tertiary/aromatic N) is 1. The molecule has 2 atom stereocenters. The predicted molar refractivity (Wildman–Crippen MR) is 86.7 cm³/mol. The first-order valence-electron chi connectivity index (χ1n) is 7.78. The number of nitriles is 1. The minimum absolute atomic E-state index is 0.322. The Morgan fingerprint density at radius 2 is 2.09 bits per heavy atom. The number of esters is 1. The molecule has 0 amide bonds. The maximum absolute atomic E-state index is 12.1. The van der Waals surface area contributed by atoms with Crippen LogP contribution in [0.15, 0.2) is 0 Å². The number of ether oxygens (including phenoxy) is 1. The number of hydrogen-bond donors (Lipinski definition) is 2. The molecule has 1 aromatic heterocycles. The van der Waals surface area contributed by atoms with Crippen LogP contribution in [0.25, 0.3) is 0 Å². The molecule has 1 aliphatic rings. The molecule has 0 aliphatic carbocycles. The number of rotatable bonds is 4. The topological polar surface area (TPSA) is 80.5 Å². The van der Waals surface area contributed by atoms with E-state index in [9.17, 15) is 10.1 Å². The Labute approximate surface area is 135 Å². The molecule has 5 nitrogen and oxygen atoms in total. The van der Waals surface area contributed by atoms with E-state index in [1.54, 1.807) is 6.92 Å². The lowest BCUT2D eigenvalue weighted by Crippen LogP contribution is -3.13. The first-order valence-corrected chi connectivity index (χ1v) is 8.59. The molecule has 3 N–H and O–H groups in total. The Kier molecular flexibility index (Phi) is 5.43. The van der Waals surface area contributed by atoms with Gasteiger partial charge in [0.2, 0.25) is 0 Å². The average Bonchev–Trinajstić information content (AvgIpc) is 2.74. The van der Waals surface area contributed by atoms with Crippen LogP contribution in [-0.2, 0) is 11.3 Å². The number of carbonyl (C=O) groups is 1. The number of carbonyl (C=O) groups excluding carboxylic acids is 1. The second kappa shape index (κ2) is 7.12. The van der Waals surface area contributed by atoms with Crippen LogP contribution in [0.3, 0.4) is 0 Å². The van der Waals surface area contributed by atoms with Crippen molar-refractivity contribution in [1.29, 1.82) is 5.26 Å². The minimum Gasteiger partial charge on any atom is -0.462 e. The van der Waals surface area contributed by atoms with Crippen LogP contribution in [0.4, 0.5) is 5.00 Å². The quantitative estimate of drug-likeness (QED) is 0.822. The lowest BCUT2D eigenvalue weighted by atomic mass is 9.91. The highest BCUT2D eigenvalue weighted by molar-refractivity contribution is 7.18. The molecule has 2 rings (SSSR count). The van der Waals surface area contributed by atoms with Gasteiger partial charge in [-0.15, -0.1) is 11.3 Å². The third-order valence-electron chi connectivity index (χ3n) is 4.11. The molecular weight excluding hydrogens is 298 g/mol. The van der Waals surface area contributed by atoms with Crippen molar-refractivity contribution in [1.82, 2.24) is 0 Å². The monoisotopic (exact) mass is 322 g/mol. The van der Waals surface area contributed by atoms with Crippen molar-refractivity contribution in [2.75, 3.05) is 25.4 Å². The normalized spacial score (nSPS) is 24.7. The van der Waals surface area contributed by atoms with E-state index in [-0.39, 0.29) is 5.97 Å². The van der Waals surface area contributed by atoms with E-state index in [2.05, 4.69) is 19.9 Å². The third-order valence-corrected chi connectivity index (χ3v) is 5.15. The lowest BCUT2D eigenvalue weighted by molar-refractivity contribution is -0.925. The predicted octanol–water partition coefficient (Wildman–Crippen LogP) is 1.44. The van der Waals surface area contributed by atoms with Crippen molar-refractivity contribution in [3.63, 3.8) is 0 Å². The van der Waals surface area contributed by atoms with E-state index < -0.39 is 0 Å². The summed E-state index contributed by atoms with van der Waals surface area (Å²) in [7, 11) is 0. The summed E-state index contributed by atoms with van der Waals surface area (Å²) >= 11 is 1.17. The van der Waals surface area contributed by atoms with Crippen molar-refractivity contribution >= 4 is 22.3 Å². The third kappa shape index (κ3) is 3.60. The highest BCUT2D eigenvalue weighted by Crippen LogP contribution is 2.31. The number of thiophene rings is 1. The van der Waals surface area contributed by atoms with Crippen molar-refractivity contribution in [2.24, 2.45) is 11.8 Å². The minimum atomic E-state index is -0.367. The summed E-state index contributed by atoms with van der Waals surface area (Å²) in [5, 5.41) is 9.79. The molecule has 22 heavy (non-hydrogen) atoms. The first kappa shape index (κ1) is 16.8. The van der Waals surface area contributed by atoms with Gasteiger partial charge >= 0.3 is 5.97 Å². The fourth-order valence-corrected chi connectivity index (χ4v) is 4.38. The van der Waals surface area contributed by atoms with Crippen molar-refractivity contribution in [3.05, 3.63) is 16.0 Å². The van der Waals surface area contributed by atoms with Gasteiger partial charge in [-0.3, -0.25) is 0 Å². The molecular formula is C16H24N3O2S+. The fraction of sp³-hybridized carbons (Fsp3) is 0.625. The lowest BCUT2D eigenvalue weighted by Gasteiger charge is -2.32. The van der Waals surface area contributed by atoms with Gasteiger partial charge < -0.3 is 15.4 Å². The highest BCUT2D eigenvalue weighted by atomic mass is 32.1. The van der Waals surface area contributed by atoms with Crippen LogP contribution in [0.2, 0.25) is 0 Å². The zero-order chi connectivity index (χ0) is 16.3. The number of piperidine rings is 1. The second-order valence-corrected chi connectivity index (χ2v) is 7.31. The number of likely N-dealkylation sites (tertiary alicyclic amines) is 1. The molecule has 0 unspecified atom stereocenters. The zero-order valence-electron chi connectivity index (χ0n) is 13.4. The van der Waals surface area contributed by atoms with E-state index >= 15 is 0 Å². The number of hydrogen-bond acceptors (Lipinski definition) is 5. The van der Waals surface area contributed by atoms with Crippen LogP contribution >= 0.6 is 11.3 Å². The van der Waals surface area contributed by atoms with Crippen molar-refractivity contribution in [2.45, 2.75) is 33.7 Å². The number of anilines is 1. The van der Waals surface area contributed by atoms with Gasteiger partial charge in [0.05, 0.1) is 30.8 Å². The molecule has 120 valence electrons. The molecule has 0 radical (unpaired) electrons. The Hall–Kier alpha value is -1.58. The van der Waals surface area contributed by atoms with Gasteiger partial charge in [-0.1, -0.05) is 13.8 Å². The summed E-state index contributed by atoms with van der Waals surface area (Å²) in [5.74, 6) is 0.950. The second-order valence-electron chi connectivity index (χ2n) is 6.26. The van der Waals surface area contributed by atoms with Crippen molar-refractivity contribution in [3.8, 4) is 6.07 Å². The summed E-state index contributed by atoms with van der Waals surface area (Å²) in [6.07, 6.45) is 1.24. The fourth-order valence-electron chi connectivity index (χ4n) is 3.45. The molecule has 1 fully saturated rings. The van der Waals surface area contributed by atoms with Gasteiger partial charge in [0, 0.05) is 11.8 Å². The SMILES string of the molecule is CCOC(=O)c1sc(N)c(C#N)c1C[NH+]1C[C@@H](C)C[C@H](C)C1. The number of nitrogen functional groups attached to an aromatic ring is 1. The molecule has 0 saturated carbocycles. The molecule has 1 aliphatic heterocycles. The highest BCUT2D eigenvalue weighted by Gasteiger charge is 2.30. The van der Waals surface area contributed by atoms with E-state index in [0.717, 1.165) is 18.7 Å². The van der Waals surface area contributed by atoms with E-state index in [4.69, 9.17) is 10.5 Å². The van der Waals surface area contributed by atoms with Crippen LogP contribution < -0.4 is 10.6 Å². The Balaban J connectivity index is 2.28. The smallest absolute Gasteiger partial charge is 0.348 e. The maximum atomic E-state index is 12.1. The Morgan fingerprint density at radius 1 is 1.45 bits per heavy atom. The van der Waals surface area contributed by atoms with Gasteiger partial charge in [0.25, 0.3) is 0 Å². The first-order chi connectivity index (χ1) is 10.5.